The fraction of sp³-hybridized carbons (Fsp3) is 0.211. The Hall–Kier alpha value is -2.75. The monoisotopic (exact) mass is 312 g/mol. The first-order valence-electron chi connectivity index (χ1n) is 7.12. The summed E-state index contributed by atoms with van der Waals surface area (Å²) in [5, 5.41) is 0. The summed E-state index contributed by atoms with van der Waals surface area (Å²) in [6, 6.07) is 13.8. The molecular formula is C19H20O4. The molecule has 0 aliphatic heterocycles. The van der Waals surface area contributed by atoms with Crippen LogP contribution in [0.2, 0.25) is 0 Å². The van der Waals surface area contributed by atoms with Crippen LogP contribution in [0.25, 0.3) is 0 Å². The molecule has 0 aliphatic rings. The van der Waals surface area contributed by atoms with E-state index in [0.29, 0.717) is 16.7 Å². The molecule has 0 bridgehead atoms. The lowest BCUT2D eigenvalue weighted by Gasteiger charge is -1.99. The summed E-state index contributed by atoms with van der Waals surface area (Å²) in [4.78, 5) is 32.7. The van der Waals surface area contributed by atoms with Crippen molar-refractivity contribution in [2.24, 2.45) is 0 Å². The minimum atomic E-state index is -0.0156. The normalized spacial score (nSPS) is 9.39. The second-order valence-electron chi connectivity index (χ2n) is 4.98. The van der Waals surface area contributed by atoms with Gasteiger partial charge in [-0.05, 0) is 39.0 Å². The highest BCUT2D eigenvalue weighted by molar-refractivity contribution is 5.99. The first-order chi connectivity index (χ1) is 10.8. The van der Waals surface area contributed by atoms with Crippen molar-refractivity contribution in [3.63, 3.8) is 0 Å². The Labute approximate surface area is 136 Å². The molecule has 23 heavy (non-hydrogen) atoms. The summed E-state index contributed by atoms with van der Waals surface area (Å²) < 4.78 is 4.95. The highest BCUT2D eigenvalue weighted by Crippen LogP contribution is 2.12. The van der Waals surface area contributed by atoms with Crippen LogP contribution in [0.3, 0.4) is 0 Å². The van der Waals surface area contributed by atoms with E-state index in [0.717, 1.165) is 5.75 Å². The fourth-order valence-electron chi connectivity index (χ4n) is 1.80. The Bertz CT molecular complexity index is 688. The Morgan fingerprint density at radius 2 is 1.09 bits per heavy atom. The molecule has 4 nitrogen and oxygen atoms in total. The van der Waals surface area contributed by atoms with Gasteiger partial charge in [0, 0.05) is 16.7 Å². The third kappa shape index (κ3) is 5.87. The van der Waals surface area contributed by atoms with Crippen LogP contribution in [0.5, 0.6) is 5.75 Å². The minimum absolute atomic E-state index is 0.0156. The number of methoxy groups -OCH3 is 1. The fourth-order valence-corrected chi connectivity index (χ4v) is 1.80. The summed E-state index contributed by atoms with van der Waals surface area (Å²) in [5.74, 6) is 0.748. The van der Waals surface area contributed by atoms with Crippen LogP contribution in [0.1, 0.15) is 51.8 Å². The van der Waals surface area contributed by atoms with E-state index in [1.165, 1.54) is 20.8 Å². The lowest BCUT2D eigenvalue weighted by molar-refractivity contribution is 0.100. The van der Waals surface area contributed by atoms with Crippen molar-refractivity contribution >= 4 is 17.3 Å². The molecule has 120 valence electrons. The highest BCUT2D eigenvalue weighted by atomic mass is 16.5. The molecule has 0 aliphatic carbocycles. The Kier molecular flexibility index (Phi) is 6.87. The zero-order chi connectivity index (χ0) is 17.4. The largest absolute Gasteiger partial charge is 0.497 e. The number of benzene rings is 2. The standard InChI is InChI=1S/C10H10O2.C9H10O2/c1-7(11)9-4-3-5-10(6-9)8(2)12;1-7(10)8-4-3-5-9(6-8)11-2/h3-6H,1-2H3;3-6H,1-2H3. The van der Waals surface area contributed by atoms with E-state index < -0.39 is 0 Å². The first-order valence-corrected chi connectivity index (χ1v) is 7.12. The molecule has 0 unspecified atom stereocenters. The molecule has 0 fully saturated rings. The van der Waals surface area contributed by atoms with Crippen molar-refractivity contribution < 1.29 is 19.1 Å². The molecule has 0 saturated carbocycles. The molecule has 2 aromatic rings. The summed E-state index contributed by atoms with van der Waals surface area (Å²) in [7, 11) is 1.58. The number of carbonyl (C=O) groups is 3. The second-order valence-corrected chi connectivity index (χ2v) is 4.98. The van der Waals surface area contributed by atoms with E-state index in [9.17, 15) is 14.4 Å². The van der Waals surface area contributed by atoms with Gasteiger partial charge in [0.05, 0.1) is 7.11 Å². The van der Waals surface area contributed by atoms with Gasteiger partial charge < -0.3 is 4.74 Å². The number of Topliss-reactive ketones (excluding diaryl/α,β-unsaturated/α-hetero) is 3. The van der Waals surface area contributed by atoms with Gasteiger partial charge in [0.25, 0.3) is 0 Å². The molecule has 2 aromatic carbocycles. The first kappa shape index (κ1) is 18.3. The number of ether oxygens (including phenoxy) is 1. The molecule has 0 N–H and O–H groups in total. The molecule has 0 saturated heterocycles. The van der Waals surface area contributed by atoms with Crippen LogP contribution in [-0.4, -0.2) is 24.5 Å². The number of ketones is 3. The van der Waals surface area contributed by atoms with Crippen LogP contribution in [0.15, 0.2) is 48.5 Å². The van der Waals surface area contributed by atoms with E-state index in [1.807, 2.05) is 6.07 Å². The van der Waals surface area contributed by atoms with E-state index in [4.69, 9.17) is 4.74 Å². The summed E-state index contributed by atoms with van der Waals surface area (Å²) in [6.45, 7) is 4.51. The van der Waals surface area contributed by atoms with Gasteiger partial charge >= 0.3 is 0 Å². The molecule has 0 radical (unpaired) electrons. The minimum Gasteiger partial charge on any atom is -0.497 e. The maximum atomic E-state index is 10.9. The van der Waals surface area contributed by atoms with E-state index >= 15 is 0 Å². The topological polar surface area (TPSA) is 60.4 Å². The number of carbonyl (C=O) groups excluding carboxylic acids is 3. The van der Waals surface area contributed by atoms with Crippen LogP contribution >= 0.6 is 0 Å². The predicted molar refractivity (Wildman–Crippen MR) is 89.4 cm³/mol. The van der Waals surface area contributed by atoms with Crippen molar-refractivity contribution in [1.29, 1.82) is 0 Å². The number of hydrogen-bond acceptors (Lipinski definition) is 4. The number of hydrogen-bond donors (Lipinski definition) is 0. The Balaban J connectivity index is 0.000000231. The smallest absolute Gasteiger partial charge is 0.159 e. The molecule has 0 spiro atoms. The average molecular weight is 312 g/mol. The average Bonchev–Trinajstić information content (AvgIpc) is 2.55. The maximum Gasteiger partial charge on any atom is 0.159 e. The van der Waals surface area contributed by atoms with Gasteiger partial charge in [-0.3, -0.25) is 14.4 Å². The molecular weight excluding hydrogens is 292 g/mol. The van der Waals surface area contributed by atoms with Gasteiger partial charge in [-0.1, -0.05) is 30.3 Å². The van der Waals surface area contributed by atoms with Crippen molar-refractivity contribution in [3.8, 4) is 5.75 Å². The van der Waals surface area contributed by atoms with Gasteiger partial charge in [0.15, 0.2) is 17.3 Å². The van der Waals surface area contributed by atoms with Gasteiger partial charge in [0.1, 0.15) is 5.75 Å². The van der Waals surface area contributed by atoms with Crippen molar-refractivity contribution in [3.05, 3.63) is 65.2 Å². The second kappa shape index (κ2) is 8.63. The van der Waals surface area contributed by atoms with Crippen LogP contribution in [0.4, 0.5) is 0 Å². The van der Waals surface area contributed by atoms with Gasteiger partial charge in [0.2, 0.25) is 0 Å². The van der Waals surface area contributed by atoms with Crippen LogP contribution < -0.4 is 4.74 Å². The third-order valence-electron chi connectivity index (χ3n) is 3.15. The number of rotatable bonds is 4. The zero-order valence-corrected chi connectivity index (χ0v) is 13.8. The van der Waals surface area contributed by atoms with Gasteiger partial charge in [-0.15, -0.1) is 0 Å². The third-order valence-corrected chi connectivity index (χ3v) is 3.15. The van der Waals surface area contributed by atoms with Crippen molar-refractivity contribution in [1.82, 2.24) is 0 Å². The molecule has 0 atom stereocenters. The predicted octanol–water partition coefficient (Wildman–Crippen LogP) is 3.99. The van der Waals surface area contributed by atoms with Crippen LogP contribution in [-0.2, 0) is 0 Å². The van der Waals surface area contributed by atoms with Gasteiger partial charge in [-0.25, -0.2) is 0 Å². The zero-order valence-electron chi connectivity index (χ0n) is 13.8. The van der Waals surface area contributed by atoms with E-state index in [-0.39, 0.29) is 17.3 Å². The highest BCUT2D eigenvalue weighted by Gasteiger charge is 2.02. The summed E-state index contributed by atoms with van der Waals surface area (Å²) >= 11 is 0. The maximum absolute atomic E-state index is 10.9. The SMILES string of the molecule is CC(=O)c1cccc(C(C)=O)c1.COc1cccc(C(C)=O)c1. The van der Waals surface area contributed by atoms with E-state index in [1.54, 1.807) is 49.6 Å². The van der Waals surface area contributed by atoms with Gasteiger partial charge in [-0.2, -0.15) is 0 Å². The Morgan fingerprint density at radius 1 is 0.696 bits per heavy atom. The molecule has 0 aromatic heterocycles. The molecule has 4 heteroatoms. The molecule has 0 amide bonds. The molecule has 0 heterocycles. The summed E-state index contributed by atoms with van der Waals surface area (Å²) in [5.41, 5.74) is 1.86. The summed E-state index contributed by atoms with van der Waals surface area (Å²) in [6.07, 6.45) is 0. The Morgan fingerprint density at radius 3 is 1.48 bits per heavy atom. The van der Waals surface area contributed by atoms with Crippen molar-refractivity contribution in [2.75, 3.05) is 7.11 Å². The van der Waals surface area contributed by atoms with Crippen molar-refractivity contribution in [2.45, 2.75) is 20.8 Å². The lowest BCUT2D eigenvalue weighted by atomic mass is 10.1. The molecule has 2 rings (SSSR count). The van der Waals surface area contributed by atoms with E-state index in [2.05, 4.69) is 0 Å². The quantitative estimate of drug-likeness (QED) is 0.801. The lowest BCUT2D eigenvalue weighted by Crippen LogP contribution is -1.96. The van der Waals surface area contributed by atoms with Crippen LogP contribution in [0, 0.1) is 0 Å².